The Hall–Kier alpha value is -1.31. The van der Waals surface area contributed by atoms with Crippen LogP contribution in [0.5, 0.6) is 0 Å². The number of benzene rings is 1. The average molecular weight is 175 g/mol. The van der Waals surface area contributed by atoms with E-state index in [1.807, 2.05) is 31.2 Å². The maximum atomic E-state index is 11.5. The second-order valence-electron chi connectivity index (χ2n) is 3.64. The molecule has 0 fully saturated rings. The van der Waals surface area contributed by atoms with Crippen LogP contribution in [0.4, 0.5) is 0 Å². The van der Waals surface area contributed by atoms with Crippen LogP contribution in [0, 0.1) is 0 Å². The summed E-state index contributed by atoms with van der Waals surface area (Å²) < 4.78 is 0. The molecule has 2 nitrogen and oxygen atoms in total. The number of amides is 1. The van der Waals surface area contributed by atoms with Crippen LogP contribution in [0.3, 0.4) is 0 Å². The van der Waals surface area contributed by atoms with Crippen LogP contribution in [0.1, 0.15) is 35.7 Å². The lowest BCUT2D eigenvalue weighted by Crippen LogP contribution is -2.41. The van der Waals surface area contributed by atoms with Gasteiger partial charge in [0.25, 0.3) is 5.91 Å². The van der Waals surface area contributed by atoms with E-state index in [1.165, 1.54) is 5.56 Å². The van der Waals surface area contributed by atoms with E-state index in [4.69, 9.17) is 0 Å². The summed E-state index contributed by atoms with van der Waals surface area (Å²) in [6.07, 6.45) is 0. The molecule has 13 heavy (non-hydrogen) atoms. The van der Waals surface area contributed by atoms with Crippen LogP contribution in [-0.4, -0.2) is 11.9 Å². The number of nitrogens with one attached hydrogen (secondary N) is 1. The fourth-order valence-corrected chi connectivity index (χ4v) is 1.78. The molecule has 0 bridgehead atoms. The first-order chi connectivity index (χ1) is 6.20. The van der Waals surface area contributed by atoms with Crippen molar-refractivity contribution in [3.8, 4) is 0 Å². The van der Waals surface area contributed by atoms with Gasteiger partial charge in [-0.2, -0.15) is 0 Å². The van der Waals surface area contributed by atoms with Crippen molar-refractivity contribution < 1.29 is 4.79 Å². The van der Waals surface area contributed by atoms with Crippen LogP contribution in [0.15, 0.2) is 24.3 Å². The highest BCUT2D eigenvalue weighted by molar-refractivity contribution is 5.97. The number of hydrogen-bond donors (Lipinski definition) is 1. The number of carbonyl (C=O) groups excluding carboxylic acids is 1. The lowest BCUT2D eigenvalue weighted by atomic mass is 9.87. The molecule has 0 aliphatic carbocycles. The molecule has 1 heterocycles. The standard InChI is InChI=1S/C11H13NO/c1-7-8(2)12-11(13)10-6-4-3-5-9(7)10/h3-8H,1-2H3,(H,12,13)/t7-,8-/m1/s1. The van der Waals surface area contributed by atoms with Gasteiger partial charge in [0.05, 0.1) is 0 Å². The molecule has 0 aromatic heterocycles. The molecule has 2 heteroatoms. The van der Waals surface area contributed by atoms with Gasteiger partial charge in [-0.15, -0.1) is 0 Å². The van der Waals surface area contributed by atoms with Crippen LogP contribution in [-0.2, 0) is 0 Å². The molecule has 1 N–H and O–H groups in total. The van der Waals surface area contributed by atoms with Crippen LogP contribution >= 0.6 is 0 Å². The zero-order chi connectivity index (χ0) is 9.42. The monoisotopic (exact) mass is 175 g/mol. The number of hydrogen-bond acceptors (Lipinski definition) is 1. The van der Waals surface area contributed by atoms with Crippen molar-refractivity contribution in [2.24, 2.45) is 0 Å². The Labute approximate surface area is 78.0 Å². The summed E-state index contributed by atoms with van der Waals surface area (Å²) in [5.41, 5.74) is 1.99. The molecule has 0 unspecified atom stereocenters. The number of carbonyl (C=O) groups is 1. The van der Waals surface area contributed by atoms with Gasteiger partial charge in [0.2, 0.25) is 0 Å². The van der Waals surface area contributed by atoms with E-state index in [0.29, 0.717) is 5.92 Å². The van der Waals surface area contributed by atoms with Gasteiger partial charge in [-0.25, -0.2) is 0 Å². The van der Waals surface area contributed by atoms with Gasteiger partial charge in [-0.3, -0.25) is 4.79 Å². The Morgan fingerprint density at radius 2 is 1.92 bits per heavy atom. The largest absolute Gasteiger partial charge is 0.349 e. The summed E-state index contributed by atoms with van der Waals surface area (Å²) in [6.45, 7) is 4.18. The Balaban J connectivity index is 2.53. The molecule has 2 atom stereocenters. The molecular formula is C11H13NO. The Morgan fingerprint density at radius 1 is 1.23 bits per heavy atom. The summed E-state index contributed by atoms with van der Waals surface area (Å²) in [5, 5.41) is 2.95. The van der Waals surface area contributed by atoms with Crippen LogP contribution in [0.25, 0.3) is 0 Å². The zero-order valence-corrected chi connectivity index (χ0v) is 7.87. The van der Waals surface area contributed by atoms with Crippen molar-refractivity contribution in [2.75, 3.05) is 0 Å². The molecule has 1 amide bonds. The van der Waals surface area contributed by atoms with E-state index in [9.17, 15) is 4.79 Å². The van der Waals surface area contributed by atoms with Gasteiger partial charge in [0, 0.05) is 17.5 Å². The van der Waals surface area contributed by atoms with Crippen molar-refractivity contribution in [3.63, 3.8) is 0 Å². The lowest BCUT2D eigenvalue weighted by molar-refractivity contribution is 0.0921. The van der Waals surface area contributed by atoms with Gasteiger partial charge < -0.3 is 5.32 Å². The molecule has 0 saturated heterocycles. The van der Waals surface area contributed by atoms with E-state index in [-0.39, 0.29) is 11.9 Å². The zero-order valence-electron chi connectivity index (χ0n) is 7.87. The molecule has 0 radical (unpaired) electrons. The molecule has 1 aromatic carbocycles. The van der Waals surface area contributed by atoms with Crippen molar-refractivity contribution in [1.82, 2.24) is 5.32 Å². The topological polar surface area (TPSA) is 29.1 Å². The highest BCUT2D eigenvalue weighted by Crippen LogP contribution is 2.26. The normalized spacial score (nSPS) is 26.5. The van der Waals surface area contributed by atoms with E-state index >= 15 is 0 Å². The third-order valence-corrected chi connectivity index (χ3v) is 2.80. The van der Waals surface area contributed by atoms with Crippen LogP contribution < -0.4 is 5.32 Å². The van der Waals surface area contributed by atoms with Gasteiger partial charge in [-0.05, 0) is 18.6 Å². The highest BCUT2D eigenvalue weighted by Gasteiger charge is 2.26. The first-order valence-corrected chi connectivity index (χ1v) is 4.60. The predicted octanol–water partition coefficient (Wildman–Crippen LogP) is 1.92. The molecule has 1 aliphatic heterocycles. The first kappa shape index (κ1) is 8.30. The Morgan fingerprint density at radius 3 is 2.69 bits per heavy atom. The fourth-order valence-electron chi connectivity index (χ4n) is 1.78. The summed E-state index contributed by atoms with van der Waals surface area (Å²) in [6, 6.07) is 8.05. The lowest BCUT2D eigenvalue weighted by Gasteiger charge is -2.28. The summed E-state index contributed by atoms with van der Waals surface area (Å²) >= 11 is 0. The second-order valence-corrected chi connectivity index (χ2v) is 3.64. The van der Waals surface area contributed by atoms with Gasteiger partial charge in [0.1, 0.15) is 0 Å². The van der Waals surface area contributed by atoms with Crippen molar-refractivity contribution in [2.45, 2.75) is 25.8 Å². The molecule has 1 aliphatic rings. The van der Waals surface area contributed by atoms with Gasteiger partial charge >= 0.3 is 0 Å². The predicted molar refractivity (Wildman–Crippen MR) is 51.8 cm³/mol. The Kier molecular flexibility index (Phi) is 1.83. The smallest absolute Gasteiger partial charge is 0.251 e. The van der Waals surface area contributed by atoms with E-state index in [1.54, 1.807) is 0 Å². The minimum absolute atomic E-state index is 0.0567. The fraction of sp³-hybridized carbons (Fsp3) is 0.364. The van der Waals surface area contributed by atoms with E-state index in [2.05, 4.69) is 12.2 Å². The SMILES string of the molecule is C[C@H]1NC(=O)c2ccccc2[C@@H]1C. The summed E-state index contributed by atoms with van der Waals surface area (Å²) in [7, 11) is 0. The number of fused-ring (bicyclic) bond motifs is 1. The molecule has 2 rings (SSSR count). The Bertz CT molecular complexity index is 346. The molecular weight excluding hydrogens is 162 g/mol. The van der Waals surface area contributed by atoms with Crippen molar-refractivity contribution in [1.29, 1.82) is 0 Å². The van der Waals surface area contributed by atoms with Crippen molar-refractivity contribution >= 4 is 5.91 Å². The third kappa shape index (κ3) is 1.22. The summed E-state index contributed by atoms with van der Waals surface area (Å²) in [4.78, 5) is 11.5. The first-order valence-electron chi connectivity index (χ1n) is 4.60. The maximum absolute atomic E-state index is 11.5. The van der Waals surface area contributed by atoms with Gasteiger partial charge in [0.15, 0.2) is 0 Å². The average Bonchev–Trinajstić information content (AvgIpc) is 2.15. The van der Waals surface area contributed by atoms with Gasteiger partial charge in [-0.1, -0.05) is 25.1 Å². The molecule has 68 valence electrons. The summed E-state index contributed by atoms with van der Waals surface area (Å²) in [5.74, 6) is 0.468. The molecule has 0 spiro atoms. The van der Waals surface area contributed by atoms with E-state index in [0.717, 1.165) is 5.56 Å². The minimum Gasteiger partial charge on any atom is -0.349 e. The second kappa shape index (κ2) is 2.87. The third-order valence-electron chi connectivity index (χ3n) is 2.80. The maximum Gasteiger partial charge on any atom is 0.251 e. The van der Waals surface area contributed by atoms with Crippen LogP contribution in [0.2, 0.25) is 0 Å². The van der Waals surface area contributed by atoms with E-state index < -0.39 is 0 Å². The quantitative estimate of drug-likeness (QED) is 0.641. The minimum atomic E-state index is 0.0567. The van der Waals surface area contributed by atoms with Crippen molar-refractivity contribution in [3.05, 3.63) is 35.4 Å². The highest BCUT2D eigenvalue weighted by atomic mass is 16.1. The molecule has 0 saturated carbocycles. The molecule has 1 aromatic rings. The number of rotatable bonds is 0.